The van der Waals surface area contributed by atoms with Crippen LogP contribution >= 0.6 is 0 Å². The molecule has 0 aromatic carbocycles. The number of likely N-dealkylation sites (N-methyl/N-ethyl adjacent to an activating group) is 1. The lowest BCUT2D eigenvalue weighted by atomic mass is 10.1. The van der Waals surface area contributed by atoms with Crippen LogP contribution in [0.2, 0.25) is 0 Å². The molecule has 2 atom stereocenters. The zero-order valence-corrected chi connectivity index (χ0v) is 8.49. The zero-order valence-electron chi connectivity index (χ0n) is 8.49. The van der Waals surface area contributed by atoms with Crippen LogP contribution in [0.4, 0.5) is 0 Å². The highest BCUT2D eigenvalue weighted by Crippen LogP contribution is 2.14. The molecule has 0 bridgehead atoms. The number of hydrogen-bond donors (Lipinski definition) is 1. The molecule has 2 rings (SSSR count). The van der Waals surface area contributed by atoms with Crippen molar-refractivity contribution < 1.29 is 9.59 Å². The minimum Gasteiger partial charge on any atom is -0.343 e. The van der Waals surface area contributed by atoms with Gasteiger partial charge >= 0.3 is 0 Å². The van der Waals surface area contributed by atoms with Gasteiger partial charge in [-0.1, -0.05) is 0 Å². The van der Waals surface area contributed by atoms with Crippen molar-refractivity contribution in [2.24, 2.45) is 0 Å². The van der Waals surface area contributed by atoms with Gasteiger partial charge in [0.2, 0.25) is 11.8 Å². The quantitative estimate of drug-likeness (QED) is 0.522. The standard InChI is InChI=1S/C9H15N3O2/c1-6-9(14)12-4-3-11(2)5-7(12)8(13)10-6/h6-7H,3-5H2,1-2H3,(H,10,13). The number of amides is 2. The highest BCUT2D eigenvalue weighted by molar-refractivity contribution is 5.97. The first kappa shape index (κ1) is 9.45. The summed E-state index contributed by atoms with van der Waals surface area (Å²) in [5.74, 6) is 0.0198. The first-order valence-electron chi connectivity index (χ1n) is 4.89. The molecule has 2 aliphatic heterocycles. The summed E-state index contributed by atoms with van der Waals surface area (Å²) < 4.78 is 0. The molecule has 2 heterocycles. The lowest BCUT2D eigenvalue weighted by Crippen LogP contribution is -2.68. The summed E-state index contributed by atoms with van der Waals surface area (Å²) >= 11 is 0. The van der Waals surface area contributed by atoms with Gasteiger partial charge in [0, 0.05) is 19.6 Å². The molecule has 1 N–H and O–H groups in total. The van der Waals surface area contributed by atoms with Gasteiger partial charge in [-0.2, -0.15) is 0 Å². The van der Waals surface area contributed by atoms with E-state index in [0.29, 0.717) is 13.1 Å². The normalized spacial score (nSPS) is 34.0. The van der Waals surface area contributed by atoms with Crippen LogP contribution in [-0.4, -0.2) is 60.4 Å². The fourth-order valence-corrected chi connectivity index (χ4v) is 2.03. The summed E-state index contributed by atoms with van der Waals surface area (Å²) in [6.45, 7) is 3.89. The van der Waals surface area contributed by atoms with E-state index in [0.717, 1.165) is 6.54 Å². The van der Waals surface area contributed by atoms with Crippen molar-refractivity contribution in [3.63, 3.8) is 0 Å². The molecule has 2 unspecified atom stereocenters. The summed E-state index contributed by atoms with van der Waals surface area (Å²) in [6, 6.07) is -0.639. The van der Waals surface area contributed by atoms with E-state index in [-0.39, 0.29) is 23.9 Å². The fraction of sp³-hybridized carbons (Fsp3) is 0.778. The monoisotopic (exact) mass is 197 g/mol. The van der Waals surface area contributed by atoms with Crippen molar-refractivity contribution in [2.75, 3.05) is 26.7 Å². The molecule has 0 aliphatic carbocycles. The second kappa shape index (κ2) is 3.24. The Hall–Kier alpha value is -1.10. The molecule has 0 aromatic rings. The molecule has 0 aromatic heterocycles. The molecule has 2 amide bonds. The lowest BCUT2D eigenvalue weighted by molar-refractivity contribution is -0.151. The number of carbonyl (C=O) groups excluding carboxylic acids is 2. The number of rotatable bonds is 0. The van der Waals surface area contributed by atoms with Gasteiger partial charge in [-0.15, -0.1) is 0 Å². The first-order chi connectivity index (χ1) is 6.59. The zero-order chi connectivity index (χ0) is 10.3. The Morgan fingerprint density at radius 1 is 1.36 bits per heavy atom. The van der Waals surface area contributed by atoms with Gasteiger partial charge in [-0.05, 0) is 14.0 Å². The number of nitrogens with one attached hydrogen (secondary N) is 1. The second-order valence-electron chi connectivity index (χ2n) is 4.04. The molecule has 5 heteroatoms. The molecule has 0 radical (unpaired) electrons. The fourth-order valence-electron chi connectivity index (χ4n) is 2.03. The van der Waals surface area contributed by atoms with E-state index >= 15 is 0 Å². The smallest absolute Gasteiger partial charge is 0.245 e. The largest absolute Gasteiger partial charge is 0.343 e. The topological polar surface area (TPSA) is 52.7 Å². The Balaban J connectivity index is 2.18. The summed E-state index contributed by atoms with van der Waals surface area (Å²) in [4.78, 5) is 27.1. The Bertz CT molecular complexity index is 279. The van der Waals surface area contributed by atoms with Crippen molar-refractivity contribution in [1.82, 2.24) is 15.1 Å². The van der Waals surface area contributed by atoms with E-state index < -0.39 is 0 Å². The predicted molar refractivity (Wildman–Crippen MR) is 50.6 cm³/mol. The first-order valence-corrected chi connectivity index (χ1v) is 4.89. The number of piperazine rings is 2. The lowest BCUT2D eigenvalue weighted by Gasteiger charge is -2.43. The van der Waals surface area contributed by atoms with E-state index in [9.17, 15) is 9.59 Å². The van der Waals surface area contributed by atoms with Gasteiger partial charge in [-0.25, -0.2) is 0 Å². The van der Waals surface area contributed by atoms with E-state index in [1.54, 1.807) is 11.8 Å². The van der Waals surface area contributed by atoms with Crippen molar-refractivity contribution >= 4 is 11.8 Å². The number of carbonyl (C=O) groups is 2. The summed E-state index contributed by atoms with van der Waals surface area (Å²) in [5.41, 5.74) is 0. The molecule has 78 valence electrons. The van der Waals surface area contributed by atoms with Crippen molar-refractivity contribution in [3.8, 4) is 0 Å². The molecule has 2 saturated heterocycles. The molecule has 2 aliphatic rings. The average Bonchev–Trinajstić information content (AvgIpc) is 2.14. The third-order valence-corrected chi connectivity index (χ3v) is 2.90. The number of fused-ring (bicyclic) bond motifs is 1. The van der Waals surface area contributed by atoms with Crippen molar-refractivity contribution in [1.29, 1.82) is 0 Å². The molecular formula is C9H15N3O2. The van der Waals surface area contributed by atoms with E-state index in [1.807, 2.05) is 7.05 Å². The minimum absolute atomic E-state index is 0.0244. The van der Waals surface area contributed by atoms with Gasteiger partial charge in [-0.3, -0.25) is 9.59 Å². The van der Waals surface area contributed by atoms with Crippen LogP contribution < -0.4 is 5.32 Å². The van der Waals surface area contributed by atoms with Crippen LogP contribution in [0.1, 0.15) is 6.92 Å². The SMILES string of the molecule is CC1NC(=O)C2CN(C)CCN2C1=O. The summed E-state index contributed by atoms with van der Waals surface area (Å²) in [7, 11) is 1.97. The van der Waals surface area contributed by atoms with Crippen LogP contribution in [-0.2, 0) is 9.59 Å². The van der Waals surface area contributed by atoms with Crippen LogP contribution in [0.25, 0.3) is 0 Å². The van der Waals surface area contributed by atoms with Gasteiger partial charge in [0.05, 0.1) is 0 Å². The Morgan fingerprint density at radius 2 is 2.07 bits per heavy atom. The predicted octanol–water partition coefficient (Wildman–Crippen LogP) is -1.35. The number of nitrogens with zero attached hydrogens (tertiary/aromatic N) is 2. The van der Waals surface area contributed by atoms with Gasteiger partial charge in [0.1, 0.15) is 12.1 Å². The van der Waals surface area contributed by atoms with Crippen LogP contribution in [0.5, 0.6) is 0 Å². The second-order valence-corrected chi connectivity index (χ2v) is 4.04. The van der Waals surface area contributed by atoms with Crippen molar-refractivity contribution in [3.05, 3.63) is 0 Å². The maximum atomic E-state index is 11.7. The Morgan fingerprint density at radius 3 is 2.79 bits per heavy atom. The van der Waals surface area contributed by atoms with Crippen LogP contribution in [0.3, 0.4) is 0 Å². The van der Waals surface area contributed by atoms with Gasteiger partial charge < -0.3 is 15.1 Å². The van der Waals surface area contributed by atoms with E-state index in [4.69, 9.17) is 0 Å². The molecular weight excluding hydrogens is 182 g/mol. The van der Waals surface area contributed by atoms with Crippen molar-refractivity contribution in [2.45, 2.75) is 19.0 Å². The van der Waals surface area contributed by atoms with Crippen LogP contribution in [0, 0.1) is 0 Å². The maximum absolute atomic E-state index is 11.7. The molecule has 14 heavy (non-hydrogen) atoms. The number of hydrogen-bond acceptors (Lipinski definition) is 3. The van der Waals surface area contributed by atoms with Gasteiger partial charge in [0.15, 0.2) is 0 Å². The molecule has 0 spiro atoms. The summed E-state index contributed by atoms with van der Waals surface area (Å²) in [5, 5.41) is 2.69. The third kappa shape index (κ3) is 1.37. The van der Waals surface area contributed by atoms with E-state index in [1.165, 1.54) is 0 Å². The summed E-state index contributed by atoms with van der Waals surface area (Å²) in [6.07, 6.45) is 0. The third-order valence-electron chi connectivity index (χ3n) is 2.90. The van der Waals surface area contributed by atoms with Gasteiger partial charge in [0.25, 0.3) is 0 Å². The Labute approximate surface area is 83.0 Å². The minimum atomic E-state index is -0.359. The molecule has 2 fully saturated rings. The van der Waals surface area contributed by atoms with Crippen LogP contribution in [0.15, 0.2) is 0 Å². The average molecular weight is 197 g/mol. The van der Waals surface area contributed by atoms with E-state index in [2.05, 4.69) is 10.2 Å². The molecule has 5 nitrogen and oxygen atoms in total. The maximum Gasteiger partial charge on any atom is 0.245 e. The highest BCUT2D eigenvalue weighted by atomic mass is 16.2. The highest BCUT2D eigenvalue weighted by Gasteiger charge is 2.40. The Kier molecular flexibility index (Phi) is 2.19. The molecule has 0 saturated carbocycles.